The molecule has 0 aliphatic heterocycles. The van der Waals surface area contributed by atoms with E-state index in [0.29, 0.717) is 0 Å². The monoisotopic (exact) mass is 272 g/mol. The molecular formula is C12H12N6O2. The molecule has 0 radical (unpaired) electrons. The Morgan fingerprint density at radius 3 is 1.80 bits per heavy atom. The van der Waals surface area contributed by atoms with E-state index in [1.165, 1.54) is 25.1 Å². The van der Waals surface area contributed by atoms with Crippen LogP contribution >= 0.6 is 0 Å². The van der Waals surface area contributed by atoms with Crippen LogP contribution < -0.4 is 22.5 Å². The molecule has 2 amide bonds. The van der Waals surface area contributed by atoms with E-state index in [4.69, 9.17) is 11.7 Å². The van der Waals surface area contributed by atoms with Gasteiger partial charge in [-0.15, -0.1) is 0 Å². The summed E-state index contributed by atoms with van der Waals surface area (Å²) in [5.41, 5.74) is 1.98. The van der Waals surface area contributed by atoms with Crippen LogP contribution in [0.4, 0.5) is 0 Å². The largest absolute Gasteiger partial charge is 0.290 e. The van der Waals surface area contributed by atoms with Gasteiger partial charge in [0.05, 0.1) is 12.1 Å². The highest BCUT2D eigenvalue weighted by Crippen LogP contribution is 2.29. The molecule has 102 valence electrons. The van der Waals surface area contributed by atoms with Gasteiger partial charge in [-0.05, 0) is 19.1 Å². The Labute approximate surface area is 114 Å². The minimum absolute atomic E-state index is 0.0424. The lowest BCUT2D eigenvalue weighted by Gasteiger charge is -2.20. The summed E-state index contributed by atoms with van der Waals surface area (Å²) in [4.78, 5) is 23.5. The maximum absolute atomic E-state index is 11.8. The number of hydrogen-bond donors (Lipinski definition) is 4. The zero-order valence-electron chi connectivity index (χ0n) is 10.6. The number of nitrogen functional groups attached to an aromatic ring is 2. The fourth-order valence-corrected chi connectivity index (χ4v) is 1.76. The van der Waals surface area contributed by atoms with Gasteiger partial charge in [0.1, 0.15) is 0 Å². The number of amides is 2. The maximum Gasteiger partial charge on any atom is 0.265 e. The van der Waals surface area contributed by atoms with Crippen molar-refractivity contribution in [2.24, 2.45) is 11.7 Å². The molecule has 1 rings (SSSR count). The van der Waals surface area contributed by atoms with Gasteiger partial charge in [-0.2, -0.15) is 10.5 Å². The normalized spacial score (nSPS) is 10.1. The first-order valence-corrected chi connectivity index (χ1v) is 5.43. The topological polar surface area (TPSA) is 158 Å². The van der Waals surface area contributed by atoms with Crippen LogP contribution in [0.25, 0.3) is 0 Å². The second kappa shape index (κ2) is 5.80. The minimum atomic E-state index is -1.70. The molecule has 0 saturated carbocycles. The minimum Gasteiger partial charge on any atom is -0.290 e. The van der Waals surface area contributed by atoms with E-state index in [1.54, 1.807) is 12.1 Å². The summed E-state index contributed by atoms with van der Waals surface area (Å²) in [5.74, 6) is 8.70. The first-order chi connectivity index (χ1) is 9.45. The smallest absolute Gasteiger partial charge is 0.265 e. The predicted molar refractivity (Wildman–Crippen MR) is 68.3 cm³/mol. The van der Waals surface area contributed by atoms with Crippen molar-refractivity contribution >= 4 is 11.8 Å². The molecular weight excluding hydrogens is 260 g/mol. The van der Waals surface area contributed by atoms with E-state index in [2.05, 4.69) is 0 Å². The van der Waals surface area contributed by atoms with Crippen LogP contribution in [-0.4, -0.2) is 11.8 Å². The fraction of sp³-hybridized carbons (Fsp3) is 0.167. The lowest BCUT2D eigenvalue weighted by atomic mass is 9.79. The molecule has 0 aliphatic carbocycles. The summed E-state index contributed by atoms with van der Waals surface area (Å²) in [6.45, 7) is 1.29. The molecule has 0 saturated heterocycles. The first-order valence-electron chi connectivity index (χ1n) is 5.43. The van der Waals surface area contributed by atoms with Gasteiger partial charge in [0.15, 0.2) is 5.41 Å². The lowest BCUT2D eigenvalue weighted by molar-refractivity contribution is 0.0951. The number of hydrazine groups is 2. The van der Waals surface area contributed by atoms with Crippen LogP contribution in [0.15, 0.2) is 18.2 Å². The Balaban J connectivity index is 3.76. The van der Waals surface area contributed by atoms with Gasteiger partial charge in [-0.1, -0.05) is 6.07 Å². The number of nitrogens with two attached hydrogens (primary N) is 2. The van der Waals surface area contributed by atoms with Crippen molar-refractivity contribution in [3.8, 4) is 12.1 Å². The Bertz CT molecular complexity index is 592. The number of nitrogens with one attached hydrogen (secondary N) is 2. The molecule has 0 spiro atoms. The molecule has 8 heteroatoms. The molecule has 6 N–H and O–H groups in total. The molecule has 0 unspecified atom stereocenters. The average Bonchev–Trinajstić information content (AvgIpc) is 2.51. The molecule has 20 heavy (non-hydrogen) atoms. The van der Waals surface area contributed by atoms with Crippen LogP contribution in [0.5, 0.6) is 0 Å². The number of carbonyl (C=O) groups is 2. The fourth-order valence-electron chi connectivity index (χ4n) is 1.76. The zero-order valence-corrected chi connectivity index (χ0v) is 10.6. The average molecular weight is 272 g/mol. The number of nitriles is 2. The molecule has 0 fully saturated rings. The van der Waals surface area contributed by atoms with Crippen molar-refractivity contribution in [2.45, 2.75) is 12.3 Å². The van der Waals surface area contributed by atoms with Crippen LogP contribution in [0.3, 0.4) is 0 Å². The Morgan fingerprint density at radius 2 is 1.50 bits per heavy atom. The first kappa shape index (κ1) is 15.1. The predicted octanol–water partition coefficient (Wildman–Crippen LogP) is -0.802. The molecule has 1 aromatic carbocycles. The second-order valence-electron chi connectivity index (χ2n) is 4.02. The van der Waals surface area contributed by atoms with E-state index in [0.717, 1.165) is 0 Å². The van der Waals surface area contributed by atoms with Gasteiger partial charge in [-0.3, -0.25) is 20.4 Å². The summed E-state index contributed by atoms with van der Waals surface area (Å²) in [6.07, 6.45) is 0. The summed E-state index contributed by atoms with van der Waals surface area (Å²) in [6, 6.07) is 7.70. The van der Waals surface area contributed by atoms with Gasteiger partial charge in [0.25, 0.3) is 11.8 Å². The van der Waals surface area contributed by atoms with Gasteiger partial charge in [0.2, 0.25) is 0 Å². The van der Waals surface area contributed by atoms with E-state index < -0.39 is 17.2 Å². The van der Waals surface area contributed by atoms with Gasteiger partial charge in [0, 0.05) is 16.7 Å². The Morgan fingerprint density at radius 1 is 1.10 bits per heavy atom. The molecule has 0 atom stereocenters. The van der Waals surface area contributed by atoms with Gasteiger partial charge >= 0.3 is 0 Å². The highest BCUT2D eigenvalue weighted by molar-refractivity contribution is 6.02. The Hall–Kier alpha value is -2.94. The number of benzene rings is 1. The van der Waals surface area contributed by atoms with Gasteiger partial charge < -0.3 is 0 Å². The molecule has 0 bridgehead atoms. The summed E-state index contributed by atoms with van der Waals surface area (Å²) >= 11 is 0. The quantitative estimate of drug-likeness (QED) is 0.320. The standard InChI is InChI=1S/C12H12N6O2/c1-12(5-13,6-14)9-7(10(19)17-15)3-2-4-8(9)11(20)18-16/h2-4H,15-16H2,1H3,(H,17,19)(H,18,20). The molecule has 0 aromatic heterocycles. The third-order valence-electron chi connectivity index (χ3n) is 2.76. The van der Waals surface area contributed by atoms with Gasteiger partial charge in [-0.25, -0.2) is 11.7 Å². The third-order valence-corrected chi connectivity index (χ3v) is 2.76. The number of rotatable bonds is 3. The van der Waals surface area contributed by atoms with Crippen LogP contribution in [0, 0.1) is 22.7 Å². The van der Waals surface area contributed by atoms with Crippen LogP contribution in [0.2, 0.25) is 0 Å². The van der Waals surface area contributed by atoms with E-state index in [1.807, 2.05) is 10.9 Å². The SMILES string of the molecule is CC(C#N)(C#N)c1c(C(=O)NN)cccc1C(=O)NN. The van der Waals surface area contributed by atoms with Crippen molar-refractivity contribution in [2.75, 3.05) is 0 Å². The highest BCUT2D eigenvalue weighted by Gasteiger charge is 2.35. The van der Waals surface area contributed by atoms with Crippen LogP contribution in [-0.2, 0) is 5.41 Å². The van der Waals surface area contributed by atoms with Crippen LogP contribution in [0.1, 0.15) is 33.2 Å². The number of hydrogen-bond acceptors (Lipinski definition) is 6. The van der Waals surface area contributed by atoms with Crippen molar-refractivity contribution < 1.29 is 9.59 Å². The summed E-state index contributed by atoms with van der Waals surface area (Å²) in [5, 5.41) is 18.4. The third kappa shape index (κ3) is 2.42. The summed E-state index contributed by atoms with van der Waals surface area (Å²) < 4.78 is 0. The second-order valence-corrected chi connectivity index (χ2v) is 4.02. The molecule has 0 heterocycles. The number of nitrogens with zero attached hydrogens (tertiary/aromatic N) is 2. The van der Waals surface area contributed by atoms with E-state index in [-0.39, 0.29) is 16.7 Å². The Kier molecular flexibility index (Phi) is 4.38. The van der Waals surface area contributed by atoms with Crippen molar-refractivity contribution in [1.29, 1.82) is 10.5 Å². The highest BCUT2D eigenvalue weighted by atomic mass is 16.2. The van der Waals surface area contributed by atoms with Crippen molar-refractivity contribution in [1.82, 2.24) is 10.9 Å². The van der Waals surface area contributed by atoms with E-state index in [9.17, 15) is 20.1 Å². The van der Waals surface area contributed by atoms with Crippen molar-refractivity contribution in [3.05, 3.63) is 34.9 Å². The molecule has 1 aromatic rings. The summed E-state index contributed by atoms with van der Waals surface area (Å²) in [7, 11) is 0. The number of carbonyl (C=O) groups excluding carboxylic acids is 2. The van der Waals surface area contributed by atoms with E-state index >= 15 is 0 Å². The molecule has 8 nitrogen and oxygen atoms in total. The van der Waals surface area contributed by atoms with Crippen molar-refractivity contribution in [3.63, 3.8) is 0 Å². The lowest BCUT2D eigenvalue weighted by Crippen LogP contribution is -2.36. The molecule has 0 aliphatic rings. The maximum atomic E-state index is 11.8. The zero-order chi connectivity index (χ0) is 15.3.